The Morgan fingerprint density at radius 3 is 2.82 bits per heavy atom. The van der Waals surface area contributed by atoms with Gasteiger partial charge < -0.3 is 15.8 Å². The maximum Gasteiger partial charge on any atom is 0.338 e. The molecule has 1 amide bonds. The molecule has 1 aromatic rings. The van der Waals surface area contributed by atoms with Crippen LogP contribution in [0.15, 0.2) is 24.3 Å². The second-order valence-corrected chi connectivity index (χ2v) is 4.04. The Morgan fingerprint density at radius 1 is 1.41 bits per heavy atom. The van der Waals surface area contributed by atoms with Crippen LogP contribution in [0.5, 0.6) is 0 Å². The zero-order chi connectivity index (χ0) is 12.3. The highest BCUT2D eigenvalue weighted by atomic mass is 16.5. The lowest BCUT2D eigenvalue weighted by Gasteiger charge is -2.05. The number of amides is 1. The number of anilines is 1. The summed E-state index contributed by atoms with van der Waals surface area (Å²) in [6, 6.07) is 6.72. The van der Waals surface area contributed by atoms with Crippen LogP contribution in [0.4, 0.5) is 5.69 Å². The molecule has 0 atom stereocenters. The molecule has 1 aliphatic carbocycles. The molecular formula is C12H14N2O3. The van der Waals surface area contributed by atoms with E-state index in [0.29, 0.717) is 11.3 Å². The standard InChI is InChI=1S/C12H14N2O3/c13-9-3-1-2-8(6-9)12(16)17-7-11(15)14-10-4-5-10/h1-3,6,10H,4-5,7,13H2,(H,14,15). The Kier molecular flexibility index (Phi) is 3.27. The molecule has 1 saturated carbocycles. The van der Waals surface area contributed by atoms with Crippen molar-refractivity contribution in [2.45, 2.75) is 18.9 Å². The smallest absolute Gasteiger partial charge is 0.338 e. The minimum absolute atomic E-state index is 0.246. The molecule has 1 fully saturated rings. The Morgan fingerprint density at radius 2 is 2.18 bits per heavy atom. The second-order valence-electron chi connectivity index (χ2n) is 4.04. The number of ether oxygens (including phenoxy) is 1. The first kappa shape index (κ1) is 11.4. The van der Waals surface area contributed by atoms with Gasteiger partial charge in [0.05, 0.1) is 5.56 Å². The molecule has 2 rings (SSSR count). The SMILES string of the molecule is Nc1cccc(C(=O)OCC(=O)NC2CC2)c1. The lowest BCUT2D eigenvalue weighted by Crippen LogP contribution is -2.30. The fourth-order valence-electron chi connectivity index (χ4n) is 1.38. The molecule has 0 heterocycles. The van der Waals surface area contributed by atoms with Gasteiger partial charge in [-0.25, -0.2) is 4.79 Å². The maximum absolute atomic E-state index is 11.5. The van der Waals surface area contributed by atoms with Gasteiger partial charge >= 0.3 is 5.97 Å². The largest absolute Gasteiger partial charge is 0.452 e. The van der Waals surface area contributed by atoms with Gasteiger partial charge in [0.1, 0.15) is 0 Å². The topological polar surface area (TPSA) is 81.4 Å². The van der Waals surface area contributed by atoms with Gasteiger partial charge in [-0.05, 0) is 31.0 Å². The highest BCUT2D eigenvalue weighted by Crippen LogP contribution is 2.18. The first-order valence-electron chi connectivity index (χ1n) is 5.47. The molecule has 5 heteroatoms. The molecule has 0 aromatic heterocycles. The second kappa shape index (κ2) is 4.86. The summed E-state index contributed by atoms with van der Waals surface area (Å²) in [5, 5.41) is 2.73. The van der Waals surface area contributed by atoms with E-state index in [1.54, 1.807) is 18.2 Å². The monoisotopic (exact) mass is 234 g/mol. The van der Waals surface area contributed by atoms with Gasteiger partial charge in [0.25, 0.3) is 5.91 Å². The molecule has 5 nitrogen and oxygen atoms in total. The van der Waals surface area contributed by atoms with Crippen molar-refractivity contribution < 1.29 is 14.3 Å². The van der Waals surface area contributed by atoms with Crippen molar-refractivity contribution in [2.24, 2.45) is 0 Å². The van der Waals surface area contributed by atoms with Crippen molar-refractivity contribution in [3.8, 4) is 0 Å². The molecular weight excluding hydrogens is 220 g/mol. The van der Waals surface area contributed by atoms with Crippen LogP contribution in [-0.4, -0.2) is 24.5 Å². The van der Waals surface area contributed by atoms with Crippen molar-refractivity contribution in [1.82, 2.24) is 5.32 Å². The van der Waals surface area contributed by atoms with Crippen LogP contribution in [0.1, 0.15) is 23.2 Å². The summed E-state index contributed by atoms with van der Waals surface area (Å²) < 4.78 is 4.87. The van der Waals surface area contributed by atoms with Gasteiger partial charge in [0, 0.05) is 11.7 Å². The Bertz CT molecular complexity index is 441. The predicted octanol–water partition coefficient (Wildman–Crippen LogP) is 0.704. The minimum atomic E-state index is -0.539. The third-order valence-electron chi connectivity index (χ3n) is 2.40. The average molecular weight is 234 g/mol. The van der Waals surface area contributed by atoms with E-state index in [4.69, 9.17) is 10.5 Å². The highest BCUT2D eigenvalue weighted by molar-refractivity contribution is 5.92. The number of nitrogens with one attached hydrogen (secondary N) is 1. The Hall–Kier alpha value is -2.04. The number of hydrogen-bond acceptors (Lipinski definition) is 4. The maximum atomic E-state index is 11.5. The van der Waals surface area contributed by atoms with E-state index in [1.165, 1.54) is 6.07 Å². The Balaban J connectivity index is 1.82. The van der Waals surface area contributed by atoms with Gasteiger partial charge in [-0.15, -0.1) is 0 Å². The highest BCUT2D eigenvalue weighted by Gasteiger charge is 2.23. The van der Waals surface area contributed by atoms with Crippen molar-refractivity contribution >= 4 is 17.6 Å². The summed E-state index contributed by atoms with van der Waals surface area (Å²) in [5.41, 5.74) is 6.38. The first-order chi connectivity index (χ1) is 8.15. The lowest BCUT2D eigenvalue weighted by molar-refractivity contribution is -0.124. The van der Waals surface area contributed by atoms with Crippen LogP contribution in [0.3, 0.4) is 0 Å². The van der Waals surface area contributed by atoms with Crippen molar-refractivity contribution in [1.29, 1.82) is 0 Å². The predicted molar refractivity (Wildman–Crippen MR) is 62.3 cm³/mol. The number of rotatable bonds is 4. The van der Waals surface area contributed by atoms with Gasteiger partial charge in [-0.2, -0.15) is 0 Å². The molecule has 90 valence electrons. The van der Waals surface area contributed by atoms with Crippen LogP contribution in [-0.2, 0) is 9.53 Å². The molecule has 0 unspecified atom stereocenters. The molecule has 0 radical (unpaired) electrons. The summed E-state index contributed by atoms with van der Waals surface area (Å²) in [6.07, 6.45) is 2.02. The molecule has 0 saturated heterocycles. The summed E-state index contributed by atoms with van der Waals surface area (Å²) in [7, 11) is 0. The van der Waals surface area contributed by atoms with E-state index < -0.39 is 5.97 Å². The number of benzene rings is 1. The number of nitrogens with two attached hydrogens (primary N) is 1. The van der Waals surface area contributed by atoms with Crippen LogP contribution in [0.2, 0.25) is 0 Å². The fraction of sp³-hybridized carbons (Fsp3) is 0.333. The average Bonchev–Trinajstić information content (AvgIpc) is 3.10. The summed E-state index contributed by atoms with van der Waals surface area (Å²) in [6.45, 7) is -0.246. The number of hydrogen-bond donors (Lipinski definition) is 2. The van der Waals surface area contributed by atoms with Crippen molar-refractivity contribution in [3.63, 3.8) is 0 Å². The molecule has 0 bridgehead atoms. The number of carbonyl (C=O) groups is 2. The molecule has 3 N–H and O–H groups in total. The third kappa shape index (κ3) is 3.48. The molecule has 0 aliphatic heterocycles. The number of esters is 1. The van der Waals surface area contributed by atoms with Crippen LogP contribution < -0.4 is 11.1 Å². The number of nitrogen functional groups attached to an aromatic ring is 1. The molecule has 1 aliphatic rings. The number of carbonyl (C=O) groups excluding carboxylic acids is 2. The van der Waals surface area contributed by atoms with Gasteiger partial charge in [0.15, 0.2) is 6.61 Å². The van der Waals surface area contributed by atoms with Crippen LogP contribution in [0.25, 0.3) is 0 Å². The van der Waals surface area contributed by atoms with Crippen LogP contribution in [0, 0.1) is 0 Å². The summed E-state index contributed by atoms with van der Waals surface area (Å²) >= 11 is 0. The summed E-state index contributed by atoms with van der Waals surface area (Å²) in [4.78, 5) is 22.8. The van der Waals surface area contributed by atoms with Crippen LogP contribution >= 0.6 is 0 Å². The zero-order valence-electron chi connectivity index (χ0n) is 9.31. The van der Waals surface area contributed by atoms with E-state index in [0.717, 1.165) is 12.8 Å². The van der Waals surface area contributed by atoms with E-state index in [2.05, 4.69) is 5.32 Å². The third-order valence-corrected chi connectivity index (χ3v) is 2.40. The summed E-state index contributed by atoms with van der Waals surface area (Å²) in [5.74, 6) is -0.798. The van der Waals surface area contributed by atoms with Gasteiger partial charge in [0.2, 0.25) is 0 Å². The first-order valence-corrected chi connectivity index (χ1v) is 5.47. The van der Waals surface area contributed by atoms with Gasteiger partial charge in [-0.3, -0.25) is 4.79 Å². The van der Waals surface area contributed by atoms with E-state index in [9.17, 15) is 9.59 Å². The van der Waals surface area contributed by atoms with Crippen molar-refractivity contribution in [2.75, 3.05) is 12.3 Å². The normalized spacial score (nSPS) is 14.1. The van der Waals surface area contributed by atoms with Gasteiger partial charge in [-0.1, -0.05) is 6.07 Å². The van der Waals surface area contributed by atoms with Crippen molar-refractivity contribution in [3.05, 3.63) is 29.8 Å². The lowest BCUT2D eigenvalue weighted by atomic mass is 10.2. The van der Waals surface area contributed by atoms with E-state index in [-0.39, 0.29) is 18.6 Å². The van der Waals surface area contributed by atoms with E-state index in [1.807, 2.05) is 0 Å². The molecule has 1 aromatic carbocycles. The fourth-order valence-corrected chi connectivity index (χ4v) is 1.38. The zero-order valence-corrected chi connectivity index (χ0v) is 9.31. The minimum Gasteiger partial charge on any atom is -0.452 e. The Labute approximate surface area is 98.9 Å². The molecule has 0 spiro atoms. The quantitative estimate of drug-likeness (QED) is 0.593. The van der Waals surface area contributed by atoms with E-state index >= 15 is 0 Å². The molecule has 17 heavy (non-hydrogen) atoms.